The highest BCUT2D eigenvalue weighted by Crippen LogP contribution is 2.35. The lowest BCUT2D eigenvalue weighted by atomic mass is 9.93. The van der Waals surface area contributed by atoms with E-state index in [2.05, 4.69) is 17.2 Å². The van der Waals surface area contributed by atoms with Crippen LogP contribution in [0, 0.1) is 22.0 Å². The highest BCUT2D eigenvalue weighted by molar-refractivity contribution is 5.93. The first-order valence-electron chi connectivity index (χ1n) is 6.96. The molecule has 0 radical (unpaired) electrons. The van der Waals surface area contributed by atoms with E-state index in [4.69, 9.17) is 0 Å². The number of nitrogens with zero attached hydrogens (tertiary/aromatic N) is 2. The molecule has 0 spiro atoms. The average molecular weight is 278 g/mol. The molecule has 2 saturated heterocycles. The smallest absolute Gasteiger partial charge is 0.287 e. The van der Waals surface area contributed by atoms with Crippen molar-refractivity contribution in [2.75, 3.05) is 19.6 Å². The monoisotopic (exact) mass is 278 g/mol. The third-order valence-electron chi connectivity index (χ3n) is 4.51. The molecule has 1 aromatic rings. The summed E-state index contributed by atoms with van der Waals surface area (Å²) < 4.78 is 0. The van der Waals surface area contributed by atoms with Crippen molar-refractivity contribution >= 4 is 11.6 Å². The number of nitrogens with one attached hydrogen (secondary N) is 2. The maximum atomic E-state index is 12.5. The van der Waals surface area contributed by atoms with Crippen molar-refractivity contribution in [3.8, 4) is 0 Å². The number of carbonyl (C=O) groups excluding carboxylic acids is 1. The third kappa shape index (κ3) is 1.98. The minimum absolute atomic E-state index is 0.0672. The van der Waals surface area contributed by atoms with Crippen LogP contribution in [0.4, 0.5) is 5.69 Å². The van der Waals surface area contributed by atoms with Gasteiger partial charge in [0, 0.05) is 31.7 Å². The first kappa shape index (κ1) is 13.1. The van der Waals surface area contributed by atoms with E-state index in [0.717, 1.165) is 26.1 Å². The van der Waals surface area contributed by atoms with Crippen LogP contribution in [0.1, 0.15) is 23.8 Å². The van der Waals surface area contributed by atoms with Crippen LogP contribution in [0.25, 0.3) is 0 Å². The van der Waals surface area contributed by atoms with Crippen LogP contribution < -0.4 is 5.32 Å². The molecule has 7 nitrogen and oxygen atoms in total. The Morgan fingerprint density at radius 1 is 1.55 bits per heavy atom. The highest BCUT2D eigenvalue weighted by atomic mass is 16.6. The number of carbonyl (C=O) groups is 1. The molecule has 0 saturated carbocycles. The van der Waals surface area contributed by atoms with Crippen LogP contribution >= 0.6 is 0 Å². The second-order valence-electron chi connectivity index (χ2n) is 5.54. The second kappa shape index (κ2) is 4.90. The molecule has 3 atom stereocenters. The number of likely N-dealkylation sites (tertiary alicyclic amines) is 1. The van der Waals surface area contributed by atoms with E-state index in [9.17, 15) is 14.9 Å². The lowest BCUT2D eigenvalue weighted by Gasteiger charge is -2.26. The zero-order valence-electron chi connectivity index (χ0n) is 11.3. The first-order valence-corrected chi connectivity index (χ1v) is 6.96. The fourth-order valence-corrected chi connectivity index (χ4v) is 3.55. The predicted molar refractivity (Wildman–Crippen MR) is 72.4 cm³/mol. The Balaban J connectivity index is 1.81. The summed E-state index contributed by atoms with van der Waals surface area (Å²) in [5, 5.41) is 14.1. The van der Waals surface area contributed by atoms with Gasteiger partial charge in [0.15, 0.2) is 0 Å². The molecule has 7 heteroatoms. The number of nitro groups is 1. The average Bonchev–Trinajstić information content (AvgIpc) is 3.12. The number of aromatic nitrogens is 1. The number of aromatic amines is 1. The number of rotatable bonds is 3. The van der Waals surface area contributed by atoms with Gasteiger partial charge in [0.05, 0.1) is 11.1 Å². The molecule has 3 unspecified atom stereocenters. The molecule has 2 N–H and O–H groups in total. The normalized spacial score (nSPS) is 28.6. The van der Waals surface area contributed by atoms with E-state index in [0.29, 0.717) is 17.5 Å². The highest BCUT2D eigenvalue weighted by Gasteiger charge is 2.45. The molecule has 3 heterocycles. The Labute approximate surface area is 116 Å². The van der Waals surface area contributed by atoms with Crippen molar-refractivity contribution in [1.82, 2.24) is 15.2 Å². The number of hydrogen-bond donors (Lipinski definition) is 2. The summed E-state index contributed by atoms with van der Waals surface area (Å²) in [6.07, 6.45) is 2.18. The van der Waals surface area contributed by atoms with Gasteiger partial charge in [-0.05, 0) is 18.3 Å². The molecule has 2 aliphatic heterocycles. The first-order chi connectivity index (χ1) is 9.61. The van der Waals surface area contributed by atoms with Crippen molar-refractivity contribution in [1.29, 1.82) is 0 Å². The van der Waals surface area contributed by atoms with Crippen molar-refractivity contribution in [3.05, 3.63) is 28.1 Å². The molecule has 0 aliphatic carbocycles. The van der Waals surface area contributed by atoms with Crippen molar-refractivity contribution in [2.24, 2.45) is 11.8 Å². The fourth-order valence-electron chi connectivity index (χ4n) is 3.55. The van der Waals surface area contributed by atoms with E-state index >= 15 is 0 Å². The molecular weight excluding hydrogens is 260 g/mol. The largest absolute Gasteiger partial charge is 0.351 e. The van der Waals surface area contributed by atoms with E-state index in [1.165, 1.54) is 12.3 Å². The van der Waals surface area contributed by atoms with Gasteiger partial charge in [0.1, 0.15) is 5.69 Å². The Morgan fingerprint density at radius 2 is 2.35 bits per heavy atom. The summed E-state index contributed by atoms with van der Waals surface area (Å²) in [7, 11) is 0. The number of H-pyrrole nitrogens is 1. The molecule has 1 aromatic heterocycles. The molecular formula is C13H18N4O3. The van der Waals surface area contributed by atoms with Gasteiger partial charge in [-0.15, -0.1) is 0 Å². The lowest BCUT2D eigenvalue weighted by molar-refractivity contribution is -0.384. The number of hydrogen-bond acceptors (Lipinski definition) is 4. The zero-order chi connectivity index (χ0) is 14.3. The Kier molecular flexibility index (Phi) is 3.21. The molecule has 0 bridgehead atoms. The number of amides is 1. The maximum Gasteiger partial charge on any atom is 0.287 e. The fraction of sp³-hybridized carbons (Fsp3) is 0.615. The second-order valence-corrected chi connectivity index (χ2v) is 5.54. The molecule has 3 rings (SSSR count). The van der Waals surface area contributed by atoms with Gasteiger partial charge >= 0.3 is 0 Å². The van der Waals surface area contributed by atoms with Gasteiger partial charge in [-0.1, -0.05) is 6.92 Å². The van der Waals surface area contributed by atoms with E-state index in [1.54, 1.807) is 0 Å². The molecule has 1 amide bonds. The lowest BCUT2D eigenvalue weighted by Crippen LogP contribution is -2.39. The SMILES string of the molecule is CCC1C2CNCC2CN1C(=O)c1cc([N+](=O)[O-])c[nH]1. The summed E-state index contributed by atoms with van der Waals surface area (Å²) in [4.78, 5) is 27.3. The van der Waals surface area contributed by atoms with Crippen LogP contribution in [0.2, 0.25) is 0 Å². The van der Waals surface area contributed by atoms with Gasteiger partial charge in [0.2, 0.25) is 0 Å². The van der Waals surface area contributed by atoms with Crippen LogP contribution in [-0.4, -0.2) is 46.4 Å². The molecule has 2 fully saturated rings. The Morgan fingerprint density at radius 3 is 3.00 bits per heavy atom. The van der Waals surface area contributed by atoms with Gasteiger partial charge in [-0.3, -0.25) is 14.9 Å². The van der Waals surface area contributed by atoms with Crippen LogP contribution in [0.3, 0.4) is 0 Å². The van der Waals surface area contributed by atoms with Crippen molar-refractivity contribution < 1.29 is 9.72 Å². The molecule has 20 heavy (non-hydrogen) atoms. The van der Waals surface area contributed by atoms with E-state index in [1.807, 2.05) is 4.90 Å². The number of fused-ring (bicyclic) bond motifs is 1. The topological polar surface area (TPSA) is 91.3 Å². The summed E-state index contributed by atoms with van der Waals surface area (Å²) in [6.45, 7) is 4.73. The van der Waals surface area contributed by atoms with Gasteiger partial charge in [0.25, 0.3) is 11.6 Å². The van der Waals surface area contributed by atoms with E-state index in [-0.39, 0.29) is 17.6 Å². The summed E-state index contributed by atoms with van der Waals surface area (Å²) in [6, 6.07) is 1.55. The van der Waals surface area contributed by atoms with Gasteiger partial charge in [-0.2, -0.15) is 0 Å². The van der Waals surface area contributed by atoms with Crippen molar-refractivity contribution in [3.63, 3.8) is 0 Å². The summed E-state index contributed by atoms with van der Waals surface area (Å²) >= 11 is 0. The van der Waals surface area contributed by atoms with Crippen LogP contribution in [-0.2, 0) is 0 Å². The minimum Gasteiger partial charge on any atom is -0.351 e. The predicted octanol–water partition coefficient (Wildman–Crippen LogP) is 0.993. The standard InChI is InChI=1S/C13H18N4O3/c1-2-12-10-6-14-4-8(10)7-16(12)13(18)11-3-9(5-15-11)17(19)20/h3,5,8,10,12,14-15H,2,4,6-7H2,1H3. The third-order valence-corrected chi connectivity index (χ3v) is 4.51. The van der Waals surface area contributed by atoms with Crippen LogP contribution in [0.15, 0.2) is 12.3 Å². The summed E-state index contributed by atoms with van der Waals surface area (Å²) in [5.74, 6) is 0.891. The Hall–Kier alpha value is -1.89. The van der Waals surface area contributed by atoms with Gasteiger partial charge < -0.3 is 15.2 Å². The van der Waals surface area contributed by atoms with Gasteiger partial charge in [-0.25, -0.2) is 0 Å². The molecule has 0 aromatic carbocycles. The summed E-state index contributed by atoms with van der Waals surface area (Å²) in [5.41, 5.74) is 0.241. The Bertz CT molecular complexity index is 541. The maximum absolute atomic E-state index is 12.5. The van der Waals surface area contributed by atoms with E-state index < -0.39 is 4.92 Å². The minimum atomic E-state index is -0.493. The molecule has 108 valence electrons. The van der Waals surface area contributed by atoms with Crippen molar-refractivity contribution in [2.45, 2.75) is 19.4 Å². The quantitative estimate of drug-likeness (QED) is 0.637. The molecule has 2 aliphatic rings. The zero-order valence-corrected chi connectivity index (χ0v) is 11.3. The van der Waals surface area contributed by atoms with Crippen LogP contribution in [0.5, 0.6) is 0 Å².